The zero-order chi connectivity index (χ0) is 27.3. The van der Waals surface area contributed by atoms with Crippen molar-refractivity contribution in [2.45, 2.75) is 72.4 Å². The van der Waals surface area contributed by atoms with Crippen molar-refractivity contribution in [3.05, 3.63) is 70.6 Å². The van der Waals surface area contributed by atoms with E-state index < -0.39 is 6.04 Å². The van der Waals surface area contributed by atoms with Crippen molar-refractivity contribution in [2.24, 2.45) is 7.05 Å². The van der Waals surface area contributed by atoms with Gasteiger partial charge >= 0.3 is 0 Å². The predicted molar refractivity (Wildman–Crippen MR) is 155 cm³/mol. The summed E-state index contributed by atoms with van der Waals surface area (Å²) in [6.45, 7) is 10.2. The second-order valence-electron chi connectivity index (χ2n) is 10.6. The minimum Gasteiger partial charge on any atom is -0.489 e. The number of hydrogen-bond donors (Lipinski definition) is 2. The molecule has 1 heterocycles. The Morgan fingerprint density at radius 2 is 1.76 bits per heavy atom. The van der Waals surface area contributed by atoms with E-state index in [1.54, 1.807) is 25.2 Å². The van der Waals surface area contributed by atoms with Crippen molar-refractivity contribution < 1.29 is 14.3 Å². The van der Waals surface area contributed by atoms with Gasteiger partial charge in [-0.15, -0.1) is 0 Å². The lowest BCUT2D eigenvalue weighted by Crippen LogP contribution is -2.40. The molecule has 0 bridgehead atoms. The summed E-state index contributed by atoms with van der Waals surface area (Å²) >= 11 is 6.32. The number of imidazole rings is 1. The SMILES string of the molecule is C.CNC(=O)C[C@H](Cc1ccc(-c2cn(C)c(C(C)(C)C)n2)cc1)NC(=O)c1ccc(OC(C)C)c(Cl)c1. The largest absolute Gasteiger partial charge is 0.489 e. The van der Waals surface area contributed by atoms with Crippen molar-refractivity contribution in [2.75, 3.05) is 7.05 Å². The summed E-state index contributed by atoms with van der Waals surface area (Å²) in [7, 11) is 3.59. The molecule has 0 aliphatic carbocycles. The summed E-state index contributed by atoms with van der Waals surface area (Å²) in [5, 5.41) is 6.00. The molecule has 8 heteroatoms. The molecule has 0 unspecified atom stereocenters. The molecule has 2 amide bonds. The molecule has 0 fully saturated rings. The lowest BCUT2D eigenvalue weighted by atomic mass is 9.96. The number of carbonyl (C=O) groups is 2. The average Bonchev–Trinajstić information content (AvgIpc) is 3.22. The lowest BCUT2D eigenvalue weighted by Gasteiger charge is -2.19. The van der Waals surface area contributed by atoms with Crippen LogP contribution < -0.4 is 15.4 Å². The van der Waals surface area contributed by atoms with E-state index in [-0.39, 0.29) is 37.2 Å². The van der Waals surface area contributed by atoms with Gasteiger partial charge in [0.2, 0.25) is 5.91 Å². The van der Waals surface area contributed by atoms with E-state index in [0.717, 1.165) is 22.6 Å². The first-order chi connectivity index (χ1) is 17.4. The number of aryl methyl sites for hydroxylation is 1. The van der Waals surface area contributed by atoms with Crippen LogP contribution >= 0.6 is 11.6 Å². The third-order valence-corrected chi connectivity index (χ3v) is 6.18. The van der Waals surface area contributed by atoms with Crippen LogP contribution in [0.25, 0.3) is 11.3 Å². The quantitative estimate of drug-likeness (QED) is 0.352. The fraction of sp³-hybridized carbons (Fsp3) is 0.433. The molecule has 206 valence electrons. The maximum Gasteiger partial charge on any atom is 0.251 e. The third kappa shape index (κ3) is 8.09. The summed E-state index contributed by atoms with van der Waals surface area (Å²) in [5.74, 6) is 1.09. The maximum absolute atomic E-state index is 13.0. The summed E-state index contributed by atoms with van der Waals surface area (Å²) in [4.78, 5) is 30.0. The Balaban J connectivity index is 0.00000507. The standard InChI is InChI=1S/C29H37ClN4O3.CH4/c1-18(2)37-25-13-12-21(15-23(25)30)27(36)32-22(16-26(35)31-6)14-19-8-10-20(11-9-19)24-17-34(7)28(33-24)29(3,4)5;/h8-13,15,17-18,22H,14,16H2,1-7H3,(H,31,35)(H,32,36);1H4/t22-;/m0./s1. The van der Waals surface area contributed by atoms with Crippen LogP contribution in [0.3, 0.4) is 0 Å². The van der Waals surface area contributed by atoms with Gasteiger partial charge in [0.1, 0.15) is 11.6 Å². The monoisotopic (exact) mass is 540 g/mol. The molecule has 1 atom stereocenters. The fourth-order valence-electron chi connectivity index (χ4n) is 4.16. The van der Waals surface area contributed by atoms with E-state index in [1.165, 1.54) is 0 Å². The summed E-state index contributed by atoms with van der Waals surface area (Å²) in [6, 6.07) is 12.6. The first kappa shape index (κ1) is 30.9. The van der Waals surface area contributed by atoms with Gasteiger partial charge in [-0.3, -0.25) is 9.59 Å². The van der Waals surface area contributed by atoms with Crippen LogP contribution in [0.5, 0.6) is 5.75 Å². The molecule has 0 aliphatic heterocycles. The number of aromatic nitrogens is 2. The Bertz CT molecular complexity index is 1240. The zero-order valence-electron chi connectivity index (χ0n) is 22.7. The Kier molecular flexibility index (Phi) is 10.5. The van der Waals surface area contributed by atoms with Gasteiger partial charge in [-0.1, -0.05) is 64.1 Å². The number of halogens is 1. The molecule has 38 heavy (non-hydrogen) atoms. The average molecular weight is 541 g/mol. The number of nitrogens with one attached hydrogen (secondary N) is 2. The number of carbonyl (C=O) groups excluding carboxylic acids is 2. The molecule has 3 rings (SSSR count). The zero-order valence-corrected chi connectivity index (χ0v) is 23.4. The van der Waals surface area contributed by atoms with E-state index >= 15 is 0 Å². The number of nitrogens with zero attached hydrogens (tertiary/aromatic N) is 2. The molecule has 2 N–H and O–H groups in total. The highest BCUT2D eigenvalue weighted by Gasteiger charge is 2.21. The van der Waals surface area contributed by atoms with Crippen LogP contribution in [0.1, 0.15) is 70.2 Å². The number of ether oxygens (including phenoxy) is 1. The van der Waals surface area contributed by atoms with Gasteiger partial charge in [0, 0.05) is 49.3 Å². The van der Waals surface area contributed by atoms with Gasteiger partial charge in [-0.2, -0.15) is 0 Å². The molecule has 3 aromatic rings. The van der Waals surface area contributed by atoms with Crippen molar-refractivity contribution in [3.8, 4) is 17.0 Å². The van der Waals surface area contributed by atoms with Crippen molar-refractivity contribution >= 4 is 23.4 Å². The van der Waals surface area contributed by atoms with Gasteiger partial charge in [-0.05, 0) is 44.0 Å². The Labute approximate surface area is 232 Å². The van der Waals surface area contributed by atoms with E-state index in [1.807, 2.05) is 51.4 Å². The summed E-state index contributed by atoms with van der Waals surface area (Å²) in [5.41, 5.74) is 3.28. The second kappa shape index (κ2) is 13.0. The topological polar surface area (TPSA) is 85.3 Å². The van der Waals surface area contributed by atoms with Gasteiger partial charge < -0.3 is 19.9 Å². The smallest absolute Gasteiger partial charge is 0.251 e. The highest BCUT2D eigenvalue weighted by molar-refractivity contribution is 6.32. The van der Waals surface area contributed by atoms with E-state index in [2.05, 4.69) is 36.0 Å². The molecule has 1 aromatic heterocycles. The van der Waals surface area contributed by atoms with Gasteiger partial charge in [-0.25, -0.2) is 4.98 Å². The first-order valence-corrected chi connectivity index (χ1v) is 12.9. The summed E-state index contributed by atoms with van der Waals surface area (Å²) in [6.07, 6.45) is 2.66. The lowest BCUT2D eigenvalue weighted by molar-refractivity contribution is -0.121. The summed E-state index contributed by atoms with van der Waals surface area (Å²) < 4.78 is 7.71. The maximum atomic E-state index is 13.0. The predicted octanol–water partition coefficient (Wildman–Crippen LogP) is 5.94. The number of benzene rings is 2. The molecule has 2 aromatic carbocycles. The van der Waals surface area contributed by atoms with Crippen molar-refractivity contribution in [1.82, 2.24) is 20.2 Å². The van der Waals surface area contributed by atoms with E-state index in [0.29, 0.717) is 22.8 Å². The molecular weight excluding hydrogens is 500 g/mol. The highest BCUT2D eigenvalue weighted by Crippen LogP contribution is 2.27. The third-order valence-electron chi connectivity index (χ3n) is 5.88. The van der Waals surface area contributed by atoms with Crippen LogP contribution in [0, 0.1) is 0 Å². The highest BCUT2D eigenvalue weighted by atomic mass is 35.5. The van der Waals surface area contributed by atoms with E-state index in [4.69, 9.17) is 21.3 Å². The van der Waals surface area contributed by atoms with Crippen LogP contribution in [-0.2, 0) is 23.7 Å². The van der Waals surface area contributed by atoms with Crippen LogP contribution in [0.2, 0.25) is 5.02 Å². The van der Waals surface area contributed by atoms with Gasteiger partial charge in [0.15, 0.2) is 0 Å². The number of hydrogen-bond acceptors (Lipinski definition) is 4. The normalized spacial score (nSPS) is 12.0. The van der Waals surface area contributed by atoms with Crippen LogP contribution in [0.4, 0.5) is 0 Å². The van der Waals surface area contributed by atoms with Crippen molar-refractivity contribution in [1.29, 1.82) is 0 Å². The number of rotatable bonds is 9. The van der Waals surface area contributed by atoms with Crippen molar-refractivity contribution in [3.63, 3.8) is 0 Å². The minimum absolute atomic E-state index is 0. The molecule has 0 spiro atoms. The molecular formula is C30H41ClN4O3. The van der Waals surface area contributed by atoms with E-state index in [9.17, 15) is 9.59 Å². The molecule has 0 saturated heterocycles. The Morgan fingerprint density at radius 3 is 2.29 bits per heavy atom. The molecule has 0 aliphatic rings. The Hall–Kier alpha value is -3.32. The molecule has 0 saturated carbocycles. The minimum atomic E-state index is -0.397. The van der Waals surface area contributed by atoms with Gasteiger partial charge in [0.05, 0.1) is 16.8 Å². The second-order valence-corrected chi connectivity index (χ2v) is 11.0. The van der Waals surface area contributed by atoms with Gasteiger partial charge in [0.25, 0.3) is 5.91 Å². The first-order valence-electron chi connectivity index (χ1n) is 12.5. The van der Waals surface area contributed by atoms with Crippen LogP contribution in [0.15, 0.2) is 48.7 Å². The molecule has 7 nitrogen and oxygen atoms in total. The Morgan fingerprint density at radius 1 is 1.11 bits per heavy atom. The fourth-order valence-corrected chi connectivity index (χ4v) is 4.38. The molecule has 0 radical (unpaired) electrons. The number of amides is 2. The van der Waals surface area contributed by atoms with Crippen LogP contribution in [-0.4, -0.2) is 40.6 Å².